The van der Waals surface area contributed by atoms with Crippen molar-refractivity contribution in [2.45, 2.75) is 259 Å². The van der Waals surface area contributed by atoms with Crippen LogP contribution in [0.1, 0.15) is 233 Å². The van der Waals surface area contributed by atoms with Crippen molar-refractivity contribution >= 4 is 43.9 Å². The molecule has 0 fully saturated rings. The average molecular weight is 1190 g/mol. The van der Waals surface area contributed by atoms with Crippen molar-refractivity contribution in [2.75, 3.05) is 39.5 Å². The van der Waals surface area contributed by atoms with E-state index in [9.17, 15) is 38.2 Å². The quantitative estimate of drug-likeness (QED) is 0.0282. The van der Waals surface area contributed by atoms with E-state index in [1.807, 2.05) is 60.7 Å². The van der Waals surface area contributed by atoms with Crippen LogP contribution < -0.4 is 0 Å². The smallest absolute Gasteiger partial charge is 0.462 e. The maximum atomic E-state index is 13.6. The van der Waals surface area contributed by atoms with Gasteiger partial charge >= 0.3 is 43.9 Å². The number of hydrogen-bond donors (Lipinski definition) is 1. The molecule has 0 aliphatic carbocycles. The molecule has 0 saturated carbocycles. The van der Waals surface area contributed by atoms with E-state index in [0.717, 1.165) is 56.1 Å². The minimum absolute atomic E-state index is 0.0904. The van der Waals surface area contributed by atoms with Crippen LogP contribution in [0.15, 0.2) is 60.7 Å². The number of rotatable bonds is 46. The molecule has 2 aromatic carbocycles. The lowest BCUT2D eigenvalue weighted by Gasteiger charge is -2.28. The van der Waals surface area contributed by atoms with Gasteiger partial charge < -0.3 is 43.1 Å². The molecule has 3 unspecified atom stereocenters. The first-order valence-corrected chi connectivity index (χ1v) is 32.4. The van der Waals surface area contributed by atoms with Crippen molar-refractivity contribution in [1.29, 1.82) is 0 Å². The number of benzene rings is 2. The molecule has 0 saturated heterocycles. The highest BCUT2D eigenvalue weighted by atomic mass is 31.2. The summed E-state index contributed by atoms with van der Waals surface area (Å²) >= 11 is 0. The Hall–Kier alpha value is -5.03. The van der Waals surface area contributed by atoms with Gasteiger partial charge in [0.05, 0.1) is 26.1 Å². The summed E-state index contributed by atoms with van der Waals surface area (Å²) in [5, 5.41) is 0. The fraction of sp³-hybridized carbons (Fsp3) is 0.719. The molecule has 2 aromatic rings. The maximum Gasteiger partial charge on any atom is 0.472 e. The third-order valence-electron chi connectivity index (χ3n) is 13.2. The van der Waals surface area contributed by atoms with Gasteiger partial charge in [-0.15, -0.1) is 0 Å². The number of ether oxygens (including phenoxy) is 6. The van der Waals surface area contributed by atoms with Gasteiger partial charge in [0.25, 0.3) is 0 Å². The summed E-state index contributed by atoms with van der Waals surface area (Å²) in [5.41, 5.74) is -0.0903. The fourth-order valence-corrected chi connectivity index (χ4v) is 9.46. The molecule has 0 spiro atoms. The van der Waals surface area contributed by atoms with Gasteiger partial charge in [-0.1, -0.05) is 203 Å². The molecule has 0 aliphatic heterocycles. The Morgan fingerprint density at radius 1 is 0.434 bits per heavy atom. The third kappa shape index (κ3) is 40.8. The Labute approximate surface area is 497 Å². The molecule has 0 radical (unpaired) electrons. The standard InChI is InChI=1S/C64H105N2O16P/c1-9-11-13-15-17-19-21-23-25-27-35-41-57(67)75-49-55(79-59(69)42-36-28-26-24-22-20-18-16-14-12-10-2)51-77-83(73,74)78-52-56(80-60(70)44-46-66(62(72)82-64(6,7)8)48-54-39-33-30-34-40-54)50-76-58(68)43-45-65(61(71)81-63(3,4)5)47-53-37-31-29-32-38-53/h29-34,37-40,55-56H,9-28,35-36,41-52H2,1-8H3,(H,73,74). The molecule has 0 aromatic heterocycles. The first-order chi connectivity index (χ1) is 39.6. The summed E-state index contributed by atoms with van der Waals surface area (Å²) < 4.78 is 57.8. The monoisotopic (exact) mass is 1190 g/mol. The molecule has 1 N–H and O–H groups in total. The first-order valence-electron chi connectivity index (χ1n) is 30.9. The van der Waals surface area contributed by atoms with E-state index < -0.39 is 93.7 Å². The van der Waals surface area contributed by atoms with Crippen LogP contribution in [0.25, 0.3) is 0 Å². The Bertz CT molecular complexity index is 2130. The highest BCUT2D eigenvalue weighted by Crippen LogP contribution is 2.43. The fourth-order valence-electron chi connectivity index (χ4n) is 8.68. The number of esters is 4. The topological polar surface area (TPSA) is 220 Å². The minimum Gasteiger partial charge on any atom is -0.462 e. The second kappa shape index (κ2) is 43.6. The molecule has 472 valence electrons. The predicted molar refractivity (Wildman–Crippen MR) is 321 cm³/mol. The van der Waals surface area contributed by atoms with Gasteiger partial charge in [0.1, 0.15) is 24.4 Å². The second-order valence-corrected chi connectivity index (χ2v) is 24.9. The normalized spacial score (nSPS) is 13.0. The number of carbonyl (C=O) groups excluding carboxylic acids is 6. The van der Waals surface area contributed by atoms with Crippen LogP contribution >= 0.6 is 7.82 Å². The molecule has 2 amide bonds. The summed E-state index contributed by atoms with van der Waals surface area (Å²) in [6.07, 6.45) is 19.9. The zero-order valence-corrected chi connectivity index (χ0v) is 52.8. The van der Waals surface area contributed by atoms with Gasteiger partial charge in [-0.25, -0.2) is 14.2 Å². The summed E-state index contributed by atoms with van der Waals surface area (Å²) in [6.45, 7) is 12.1. The van der Waals surface area contributed by atoms with Crippen molar-refractivity contribution in [3.8, 4) is 0 Å². The van der Waals surface area contributed by atoms with Crippen LogP contribution in [-0.4, -0.2) is 114 Å². The van der Waals surface area contributed by atoms with Gasteiger partial charge in [-0.2, -0.15) is 0 Å². The molecule has 0 bridgehead atoms. The van der Waals surface area contributed by atoms with Crippen LogP contribution in [0.3, 0.4) is 0 Å². The molecular formula is C64H105N2O16P. The van der Waals surface area contributed by atoms with E-state index in [4.69, 9.17) is 37.5 Å². The molecule has 0 heterocycles. The number of hydrogen-bond acceptors (Lipinski definition) is 15. The van der Waals surface area contributed by atoms with Crippen molar-refractivity contribution in [2.24, 2.45) is 0 Å². The number of amides is 2. The lowest BCUT2D eigenvalue weighted by molar-refractivity contribution is -0.162. The van der Waals surface area contributed by atoms with Crippen LogP contribution in [-0.2, 0) is 74.3 Å². The first kappa shape index (κ1) is 74.1. The summed E-state index contributed by atoms with van der Waals surface area (Å²) in [5.74, 6) is -2.76. The van der Waals surface area contributed by atoms with E-state index in [1.54, 1.807) is 41.5 Å². The van der Waals surface area contributed by atoms with E-state index in [0.29, 0.717) is 12.8 Å². The van der Waals surface area contributed by atoms with Crippen LogP contribution in [0.5, 0.6) is 0 Å². The molecule has 19 heteroatoms. The highest BCUT2D eigenvalue weighted by molar-refractivity contribution is 7.47. The van der Waals surface area contributed by atoms with Crippen molar-refractivity contribution in [3.63, 3.8) is 0 Å². The number of nitrogens with zero attached hydrogens (tertiary/aromatic N) is 2. The molecule has 0 aliphatic rings. The number of phosphoric ester groups is 1. The van der Waals surface area contributed by atoms with E-state index in [-0.39, 0.29) is 51.9 Å². The Kier molecular flexibility index (Phi) is 38.9. The van der Waals surface area contributed by atoms with Crippen molar-refractivity contribution in [3.05, 3.63) is 71.8 Å². The highest BCUT2D eigenvalue weighted by Gasteiger charge is 2.31. The molecule has 18 nitrogen and oxygen atoms in total. The lowest BCUT2D eigenvalue weighted by atomic mass is 10.1. The molecule has 2 rings (SSSR count). The predicted octanol–water partition coefficient (Wildman–Crippen LogP) is 15.1. The summed E-state index contributed by atoms with van der Waals surface area (Å²) in [6, 6.07) is 18.2. The summed E-state index contributed by atoms with van der Waals surface area (Å²) in [4.78, 5) is 93.2. The van der Waals surface area contributed by atoms with Crippen LogP contribution in [0, 0.1) is 0 Å². The van der Waals surface area contributed by atoms with Gasteiger partial charge in [-0.3, -0.25) is 28.2 Å². The summed E-state index contributed by atoms with van der Waals surface area (Å²) in [7, 11) is -5.05. The van der Waals surface area contributed by atoms with Crippen LogP contribution in [0.2, 0.25) is 0 Å². The van der Waals surface area contributed by atoms with Crippen molar-refractivity contribution in [1.82, 2.24) is 9.80 Å². The number of carbonyl (C=O) groups is 6. The van der Waals surface area contributed by atoms with Crippen molar-refractivity contribution < 1.29 is 75.7 Å². The molecule has 3 atom stereocenters. The Morgan fingerprint density at radius 3 is 1.08 bits per heavy atom. The minimum atomic E-state index is -5.05. The second-order valence-electron chi connectivity index (χ2n) is 23.5. The Morgan fingerprint density at radius 2 is 0.735 bits per heavy atom. The zero-order valence-electron chi connectivity index (χ0n) is 51.9. The largest absolute Gasteiger partial charge is 0.472 e. The van der Waals surface area contributed by atoms with Crippen LogP contribution in [0.4, 0.5) is 9.59 Å². The lowest BCUT2D eigenvalue weighted by Crippen LogP contribution is -2.38. The third-order valence-corrected chi connectivity index (χ3v) is 14.1. The molecule has 83 heavy (non-hydrogen) atoms. The van der Waals surface area contributed by atoms with Gasteiger partial charge in [-0.05, 0) is 65.5 Å². The molecular weight excluding hydrogens is 1080 g/mol. The number of phosphoric acid groups is 1. The zero-order chi connectivity index (χ0) is 61.2. The van der Waals surface area contributed by atoms with E-state index in [2.05, 4.69) is 13.8 Å². The van der Waals surface area contributed by atoms with Gasteiger partial charge in [0.2, 0.25) is 0 Å². The van der Waals surface area contributed by atoms with Gasteiger partial charge in [0.15, 0.2) is 12.2 Å². The number of unbranched alkanes of at least 4 members (excludes halogenated alkanes) is 20. The van der Waals surface area contributed by atoms with E-state index >= 15 is 0 Å². The Balaban J connectivity index is 2.18. The maximum absolute atomic E-state index is 13.6. The average Bonchev–Trinajstić information content (AvgIpc) is 3.48. The SMILES string of the molecule is CCCCCCCCCCCCCC(=O)OCC(COP(=O)(O)OCC(COC(=O)CCN(Cc1ccccc1)C(=O)OC(C)(C)C)OC(=O)CCN(Cc1ccccc1)C(=O)OC(C)(C)C)OC(=O)CCCCCCCCCCCCC. The van der Waals surface area contributed by atoms with E-state index in [1.165, 1.54) is 93.3 Å². The van der Waals surface area contributed by atoms with Gasteiger partial charge in [0, 0.05) is 39.0 Å².